The van der Waals surface area contributed by atoms with Crippen LogP contribution in [-0.2, 0) is 14.3 Å². The molecule has 0 aliphatic carbocycles. The van der Waals surface area contributed by atoms with Crippen LogP contribution < -0.4 is 5.32 Å². The Balaban J connectivity index is 2.20. The summed E-state index contributed by atoms with van der Waals surface area (Å²) in [6, 6.07) is 18.7. The standard InChI is InChI=1S/C20H23NO3S2/c1-24-20(23)17(13-14-25-2)21-19(22)18(15-9-5-3-6-10-15)26-16-11-7-4-8-12-16/h3-12,17-18H,13-14H2,1-2H3,(H,21,22)/t17-,18-/m1/s1. The van der Waals surface area contributed by atoms with Crippen molar-refractivity contribution in [3.8, 4) is 0 Å². The number of hydrogen-bond donors (Lipinski definition) is 1. The van der Waals surface area contributed by atoms with E-state index in [9.17, 15) is 9.59 Å². The lowest BCUT2D eigenvalue weighted by atomic mass is 10.1. The molecule has 26 heavy (non-hydrogen) atoms. The molecule has 1 N–H and O–H groups in total. The Morgan fingerprint density at radius 2 is 1.65 bits per heavy atom. The van der Waals surface area contributed by atoms with Crippen molar-refractivity contribution in [3.05, 3.63) is 66.2 Å². The molecule has 0 radical (unpaired) electrons. The smallest absolute Gasteiger partial charge is 0.328 e. The van der Waals surface area contributed by atoms with Gasteiger partial charge in [0.15, 0.2) is 0 Å². The normalized spacial score (nSPS) is 12.8. The number of methoxy groups -OCH3 is 1. The number of nitrogens with one attached hydrogen (secondary N) is 1. The molecule has 0 saturated carbocycles. The number of rotatable bonds is 9. The van der Waals surface area contributed by atoms with Gasteiger partial charge in [0.05, 0.1) is 7.11 Å². The maximum atomic E-state index is 13.0. The van der Waals surface area contributed by atoms with Gasteiger partial charge in [-0.25, -0.2) is 4.79 Å². The third-order valence-electron chi connectivity index (χ3n) is 3.75. The van der Waals surface area contributed by atoms with Crippen LogP contribution in [0.4, 0.5) is 0 Å². The third kappa shape index (κ3) is 6.11. The molecule has 2 aromatic rings. The van der Waals surface area contributed by atoms with Crippen LogP contribution in [0.2, 0.25) is 0 Å². The van der Waals surface area contributed by atoms with Crippen LogP contribution in [0.1, 0.15) is 17.2 Å². The molecule has 0 aliphatic heterocycles. The zero-order chi connectivity index (χ0) is 18.8. The third-order valence-corrected chi connectivity index (χ3v) is 5.66. The lowest BCUT2D eigenvalue weighted by Crippen LogP contribution is -2.43. The van der Waals surface area contributed by atoms with Gasteiger partial charge in [-0.15, -0.1) is 11.8 Å². The van der Waals surface area contributed by atoms with Crippen molar-refractivity contribution in [1.82, 2.24) is 5.32 Å². The molecule has 0 heterocycles. The van der Waals surface area contributed by atoms with E-state index >= 15 is 0 Å². The van der Waals surface area contributed by atoms with E-state index in [1.165, 1.54) is 18.9 Å². The second-order valence-electron chi connectivity index (χ2n) is 5.59. The van der Waals surface area contributed by atoms with Crippen molar-refractivity contribution in [1.29, 1.82) is 0 Å². The Hall–Kier alpha value is -1.92. The number of benzene rings is 2. The minimum absolute atomic E-state index is 0.193. The lowest BCUT2D eigenvalue weighted by molar-refractivity contribution is -0.145. The molecule has 1 amide bonds. The first kappa shape index (κ1) is 20.4. The van der Waals surface area contributed by atoms with E-state index in [-0.39, 0.29) is 5.91 Å². The Bertz CT molecular complexity index is 695. The van der Waals surface area contributed by atoms with Crippen molar-refractivity contribution < 1.29 is 14.3 Å². The molecule has 0 saturated heterocycles. The summed E-state index contributed by atoms with van der Waals surface area (Å²) in [6.07, 6.45) is 2.51. The summed E-state index contributed by atoms with van der Waals surface area (Å²) < 4.78 is 4.84. The van der Waals surface area contributed by atoms with Crippen LogP contribution in [0.5, 0.6) is 0 Å². The summed E-state index contributed by atoms with van der Waals surface area (Å²) in [4.78, 5) is 26.0. The van der Waals surface area contributed by atoms with E-state index in [1.54, 1.807) is 11.8 Å². The SMILES string of the molecule is COC(=O)[C@@H](CCSC)NC(=O)[C@H](Sc1ccccc1)c1ccccc1. The summed E-state index contributed by atoms with van der Waals surface area (Å²) in [5, 5.41) is 2.43. The number of hydrogen-bond acceptors (Lipinski definition) is 5. The van der Waals surface area contributed by atoms with Gasteiger partial charge in [-0.05, 0) is 36.1 Å². The van der Waals surface area contributed by atoms with Crippen molar-refractivity contribution in [3.63, 3.8) is 0 Å². The van der Waals surface area contributed by atoms with Crippen LogP contribution in [0, 0.1) is 0 Å². The zero-order valence-corrected chi connectivity index (χ0v) is 16.5. The molecular formula is C20H23NO3S2. The van der Waals surface area contributed by atoms with Gasteiger partial charge in [-0.2, -0.15) is 11.8 Å². The van der Waals surface area contributed by atoms with Gasteiger partial charge in [-0.1, -0.05) is 48.5 Å². The number of ether oxygens (including phenoxy) is 1. The average Bonchev–Trinajstić information content (AvgIpc) is 2.70. The van der Waals surface area contributed by atoms with Crippen molar-refractivity contribution in [2.45, 2.75) is 22.6 Å². The van der Waals surface area contributed by atoms with Crippen LogP contribution in [0.3, 0.4) is 0 Å². The van der Waals surface area contributed by atoms with Crippen molar-refractivity contribution in [2.75, 3.05) is 19.1 Å². The second-order valence-corrected chi connectivity index (χ2v) is 7.75. The average molecular weight is 390 g/mol. The number of thioether (sulfide) groups is 2. The zero-order valence-electron chi connectivity index (χ0n) is 14.9. The Morgan fingerprint density at radius 1 is 1.04 bits per heavy atom. The van der Waals surface area contributed by atoms with E-state index in [0.29, 0.717) is 6.42 Å². The first-order valence-corrected chi connectivity index (χ1v) is 10.6. The Morgan fingerprint density at radius 3 is 2.23 bits per heavy atom. The van der Waals surface area contributed by atoms with Gasteiger partial charge in [0.2, 0.25) is 5.91 Å². The number of esters is 1. The highest BCUT2D eigenvalue weighted by molar-refractivity contribution is 8.00. The molecule has 4 nitrogen and oxygen atoms in total. The minimum atomic E-state index is -0.637. The van der Waals surface area contributed by atoms with Crippen LogP contribution in [0.15, 0.2) is 65.6 Å². The monoisotopic (exact) mass is 389 g/mol. The highest BCUT2D eigenvalue weighted by Gasteiger charge is 2.27. The fourth-order valence-electron chi connectivity index (χ4n) is 2.41. The molecule has 0 aliphatic rings. The summed E-state index contributed by atoms with van der Waals surface area (Å²) >= 11 is 3.09. The maximum Gasteiger partial charge on any atom is 0.328 e. The van der Waals surface area contributed by atoms with Crippen LogP contribution >= 0.6 is 23.5 Å². The van der Waals surface area contributed by atoms with E-state index in [0.717, 1.165) is 16.2 Å². The molecule has 138 valence electrons. The first-order chi connectivity index (χ1) is 12.7. The second kappa shape index (κ2) is 10.9. The molecule has 6 heteroatoms. The van der Waals surface area contributed by atoms with E-state index in [2.05, 4.69) is 5.32 Å². The topological polar surface area (TPSA) is 55.4 Å². The van der Waals surface area contributed by atoms with Gasteiger partial charge in [-0.3, -0.25) is 4.79 Å². The Kier molecular flexibility index (Phi) is 8.58. The predicted molar refractivity (Wildman–Crippen MR) is 108 cm³/mol. The fourth-order valence-corrected chi connectivity index (χ4v) is 3.94. The lowest BCUT2D eigenvalue weighted by Gasteiger charge is -2.21. The number of carbonyl (C=O) groups is 2. The molecule has 0 aromatic heterocycles. The molecule has 0 unspecified atom stereocenters. The molecule has 0 spiro atoms. The molecule has 0 bridgehead atoms. The van der Waals surface area contributed by atoms with Gasteiger partial charge >= 0.3 is 5.97 Å². The van der Waals surface area contributed by atoms with Crippen LogP contribution in [0.25, 0.3) is 0 Å². The van der Waals surface area contributed by atoms with Crippen molar-refractivity contribution in [2.24, 2.45) is 0 Å². The van der Waals surface area contributed by atoms with Gasteiger partial charge in [0, 0.05) is 4.90 Å². The highest BCUT2D eigenvalue weighted by atomic mass is 32.2. The largest absolute Gasteiger partial charge is 0.467 e. The highest BCUT2D eigenvalue weighted by Crippen LogP contribution is 2.35. The van der Waals surface area contributed by atoms with Gasteiger partial charge < -0.3 is 10.1 Å². The van der Waals surface area contributed by atoms with Crippen LogP contribution in [-0.4, -0.2) is 37.0 Å². The van der Waals surface area contributed by atoms with Gasteiger partial charge in [0.1, 0.15) is 11.3 Å². The summed E-state index contributed by atoms with van der Waals surface area (Å²) in [7, 11) is 1.34. The number of amides is 1. The van der Waals surface area contributed by atoms with E-state index in [1.807, 2.05) is 66.9 Å². The molecule has 2 atom stereocenters. The molecule has 0 fully saturated rings. The van der Waals surface area contributed by atoms with Gasteiger partial charge in [0.25, 0.3) is 0 Å². The Labute approximate surface area is 163 Å². The fraction of sp³-hybridized carbons (Fsp3) is 0.300. The quantitative estimate of drug-likeness (QED) is 0.520. The summed E-state index contributed by atoms with van der Waals surface area (Å²) in [5.74, 6) is 0.160. The minimum Gasteiger partial charge on any atom is -0.467 e. The summed E-state index contributed by atoms with van der Waals surface area (Å²) in [5.41, 5.74) is 0.896. The van der Waals surface area contributed by atoms with Crippen molar-refractivity contribution >= 4 is 35.4 Å². The first-order valence-electron chi connectivity index (χ1n) is 8.29. The maximum absolute atomic E-state index is 13.0. The predicted octanol–water partition coefficient (Wildman–Crippen LogP) is 3.93. The number of carbonyl (C=O) groups excluding carboxylic acids is 2. The molecule has 2 aromatic carbocycles. The molecular weight excluding hydrogens is 366 g/mol. The summed E-state index contributed by atoms with van der Waals surface area (Å²) in [6.45, 7) is 0. The molecule has 2 rings (SSSR count). The van der Waals surface area contributed by atoms with E-state index < -0.39 is 17.3 Å². The van der Waals surface area contributed by atoms with E-state index in [4.69, 9.17) is 4.74 Å².